The molecule has 0 fully saturated rings. The van der Waals surface area contributed by atoms with Crippen LogP contribution in [-0.2, 0) is 4.74 Å². The van der Waals surface area contributed by atoms with Gasteiger partial charge in [-0.25, -0.2) is 14.7 Å². The second kappa shape index (κ2) is 5.34. The fourth-order valence-corrected chi connectivity index (χ4v) is 1.59. The van der Waals surface area contributed by atoms with Gasteiger partial charge in [-0.1, -0.05) is 30.3 Å². The fraction of sp³-hybridized carbons (Fsp3) is 0.154. The summed E-state index contributed by atoms with van der Waals surface area (Å²) in [7, 11) is 0. The third-order valence-corrected chi connectivity index (χ3v) is 2.44. The molecule has 0 spiro atoms. The normalized spacial score (nSPS) is 10.2. The predicted molar refractivity (Wildman–Crippen MR) is 65.2 cm³/mol. The molecule has 6 nitrogen and oxygen atoms in total. The molecule has 0 bridgehead atoms. The van der Waals surface area contributed by atoms with Crippen LogP contribution in [0.1, 0.15) is 33.3 Å². The van der Waals surface area contributed by atoms with E-state index in [4.69, 9.17) is 4.74 Å². The molecule has 1 N–H and O–H groups in total. The van der Waals surface area contributed by atoms with Gasteiger partial charge in [-0.05, 0) is 6.92 Å². The highest BCUT2D eigenvalue weighted by Crippen LogP contribution is 2.11. The Morgan fingerprint density at radius 2 is 1.95 bits per heavy atom. The van der Waals surface area contributed by atoms with Crippen LogP contribution in [0, 0.1) is 0 Å². The number of carbonyl (C=O) groups is 2. The van der Waals surface area contributed by atoms with Gasteiger partial charge in [-0.3, -0.25) is 4.79 Å². The molecule has 6 heteroatoms. The molecule has 98 valence electrons. The van der Waals surface area contributed by atoms with Gasteiger partial charge in [0.25, 0.3) is 0 Å². The molecular weight excluding hydrogens is 250 g/mol. The van der Waals surface area contributed by atoms with Crippen molar-refractivity contribution in [2.75, 3.05) is 6.61 Å². The Morgan fingerprint density at radius 3 is 2.58 bits per heavy atom. The summed E-state index contributed by atoms with van der Waals surface area (Å²) in [4.78, 5) is 35.3. The first-order chi connectivity index (χ1) is 9.15. The molecule has 0 unspecified atom stereocenters. The van der Waals surface area contributed by atoms with Crippen molar-refractivity contribution >= 4 is 11.8 Å². The summed E-state index contributed by atoms with van der Waals surface area (Å²) in [5, 5.41) is 2.13. The first-order valence-electron chi connectivity index (χ1n) is 5.63. The topological polar surface area (TPSA) is 89.4 Å². The van der Waals surface area contributed by atoms with E-state index in [0.29, 0.717) is 5.56 Å². The Labute approximate surface area is 108 Å². The van der Waals surface area contributed by atoms with E-state index in [1.807, 2.05) is 0 Å². The minimum atomic E-state index is -0.892. The van der Waals surface area contributed by atoms with Gasteiger partial charge in [-0.2, -0.15) is 0 Å². The molecule has 0 aliphatic carbocycles. The van der Waals surface area contributed by atoms with Crippen molar-refractivity contribution in [2.24, 2.45) is 0 Å². The zero-order valence-electron chi connectivity index (χ0n) is 10.1. The first kappa shape index (κ1) is 12.8. The van der Waals surface area contributed by atoms with Gasteiger partial charge in [0, 0.05) is 5.56 Å². The maximum atomic E-state index is 12.2. The lowest BCUT2D eigenvalue weighted by molar-refractivity contribution is 0.0512. The van der Waals surface area contributed by atoms with E-state index in [2.05, 4.69) is 9.68 Å². The van der Waals surface area contributed by atoms with Gasteiger partial charge in [0.2, 0.25) is 5.78 Å². The van der Waals surface area contributed by atoms with Crippen molar-refractivity contribution in [1.82, 2.24) is 5.16 Å². The largest absolute Gasteiger partial charge is 0.461 e. The van der Waals surface area contributed by atoms with Gasteiger partial charge in [-0.15, -0.1) is 0 Å². The fourth-order valence-electron chi connectivity index (χ4n) is 1.59. The van der Waals surface area contributed by atoms with Crippen LogP contribution >= 0.6 is 0 Å². The Bertz CT molecular complexity index is 653. The number of rotatable bonds is 4. The molecule has 0 aliphatic rings. The van der Waals surface area contributed by atoms with Crippen molar-refractivity contribution in [1.29, 1.82) is 0 Å². The van der Waals surface area contributed by atoms with Gasteiger partial charge >= 0.3 is 11.6 Å². The average Bonchev–Trinajstić information content (AvgIpc) is 2.81. The van der Waals surface area contributed by atoms with Crippen molar-refractivity contribution in [3.05, 3.63) is 57.6 Å². The summed E-state index contributed by atoms with van der Waals surface area (Å²) in [5.41, 5.74) is -1.21. The monoisotopic (exact) mass is 261 g/mol. The highest BCUT2D eigenvalue weighted by molar-refractivity contribution is 6.13. The Balaban J connectivity index is 2.45. The van der Waals surface area contributed by atoms with Crippen molar-refractivity contribution in [3.8, 4) is 0 Å². The Morgan fingerprint density at radius 1 is 1.26 bits per heavy atom. The van der Waals surface area contributed by atoms with Crippen molar-refractivity contribution in [2.45, 2.75) is 6.92 Å². The van der Waals surface area contributed by atoms with Gasteiger partial charge in [0.1, 0.15) is 5.56 Å². The van der Waals surface area contributed by atoms with Gasteiger partial charge < -0.3 is 9.26 Å². The van der Waals surface area contributed by atoms with Crippen molar-refractivity contribution < 1.29 is 18.8 Å². The molecule has 2 rings (SSSR count). The summed E-state index contributed by atoms with van der Waals surface area (Å²) in [6, 6.07) is 8.15. The summed E-state index contributed by atoms with van der Waals surface area (Å²) in [5.74, 6) is -1.38. The van der Waals surface area contributed by atoms with Crippen LogP contribution < -0.4 is 5.63 Å². The molecule has 19 heavy (non-hydrogen) atoms. The number of hydrogen-bond acceptors (Lipinski definition) is 5. The number of aromatic nitrogens is 1. The number of nitrogens with one attached hydrogen (secondary N) is 1. The molecule has 2 aromatic rings. The van der Waals surface area contributed by atoms with Crippen LogP contribution in [0.2, 0.25) is 0 Å². The van der Waals surface area contributed by atoms with E-state index in [1.165, 1.54) is 0 Å². The van der Waals surface area contributed by atoms with E-state index in [-0.39, 0.29) is 17.9 Å². The Hall–Kier alpha value is -2.63. The SMILES string of the molecule is CCOC(=O)c1[nH]oc(=O)c1C(=O)c1ccccc1. The highest BCUT2D eigenvalue weighted by Gasteiger charge is 2.26. The molecule has 0 aliphatic heterocycles. The maximum absolute atomic E-state index is 12.2. The smallest absolute Gasteiger partial charge is 0.369 e. The van der Waals surface area contributed by atoms with Gasteiger partial charge in [0.05, 0.1) is 6.61 Å². The van der Waals surface area contributed by atoms with E-state index in [0.717, 1.165) is 0 Å². The number of ketones is 1. The second-order valence-electron chi connectivity index (χ2n) is 3.66. The summed E-state index contributed by atoms with van der Waals surface area (Å²) in [6.45, 7) is 1.75. The van der Waals surface area contributed by atoms with E-state index in [9.17, 15) is 14.4 Å². The molecular formula is C13H11NO5. The third-order valence-electron chi connectivity index (χ3n) is 2.44. The number of aromatic amines is 1. The third kappa shape index (κ3) is 2.47. The highest BCUT2D eigenvalue weighted by atomic mass is 16.5. The molecule has 0 saturated heterocycles. The zero-order valence-corrected chi connectivity index (χ0v) is 10.1. The minimum absolute atomic E-state index is 0.130. The number of esters is 1. The molecule has 1 aromatic carbocycles. The predicted octanol–water partition coefficient (Wildman–Crippen LogP) is 1.38. The first-order valence-corrected chi connectivity index (χ1v) is 5.63. The molecule has 0 saturated carbocycles. The van der Waals surface area contributed by atoms with Crippen LogP contribution in [0.25, 0.3) is 0 Å². The number of ether oxygens (including phenoxy) is 1. The minimum Gasteiger partial charge on any atom is -0.461 e. The molecule has 0 radical (unpaired) electrons. The molecule has 1 heterocycles. The molecule has 0 amide bonds. The number of benzene rings is 1. The number of H-pyrrole nitrogens is 1. The second-order valence-corrected chi connectivity index (χ2v) is 3.66. The Kier molecular flexibility index (Phi) is 3.61. The lowest BCUT2D eigenvalue weighted by Crippen LogP contribution is -2.17. The van der Waals surface area contributed by atoms with Crippen LogP contribution in [-0.4, -0.2) is 23.5 Å². The number of carbonyl (C=O) groups excluding carboxylic acids is 2. The van der Waals surface area contributed by atoms with E-state index < -0.39 is 17.4 Å². The lowest BCUT2D eigenvalue weighted by atomic mass is 10.0. The molecule has 0 atom stereocenters. The van der Waals surface area contributed by atoms with Crippen LogP contribution in [0.3, 0.4) is 0 Å². The van der Waals surface area contributed by atoms with Crippen LogP contribution in [0.4, 0.5) is 0 Å². The average molecular weight is 261 g/mol. The summed E-state index contributed by atoms with van der Waals surface area (Å²) in [6.07, 6.45) is 0. The van der Waals surface area contributed by atoms with Crippen LogP contribution in [0.15, 0.2) is 39.6 Å². The number of hydrogen-bond donors (Lipinski definition) is 1. The van der Waals surface area contributed by atoms with E-state index >= 15 is 0 Å². The zero-order chi connectivity index (χ0) is 13.8. The van der Waals surface area contributed by atoms with Crippen molar-refractivity contribution in [3.63, 3.8) is 0 Å². The summed E-state index contributed by atoms with van der Waals surface area (Å²) < 4.78 is 9.25. The maximum Gasteiger partial charge on any atom is 0.369 e. The van der Waals surface area contributed by atoms with E-state index in [1.54, 1.807) is 37.3 Å². The summed E-state index contributed by atoms with van der Waals surface area (Å²) >= 11 is 0. The standard InChI is InChI=1S/C13H11NO5/c1-2-18-13(17)10-9(12(16)19-14-10)11(15)8-6-4-3-5-7-8/h3-7,14H,2H2,1H3. The lowest BCUT2D eigenvalue weighted by Gasteiger charge is -2.01. The molecule has 1 aromatic heterocycles. The quantitative estimate of drug-likeness (QED) is 0.663. The van der Waals surface area contributed by atoms with Gasteiger partial charge in [0.15, 0.2) is 5.69 Å². The van der Waals surface area contributed by atoms with Crippen LogP contribution in [0.5, 0.6) is 0 Å².